The van der Waals surface area contributed by atoms with E-state index in [1.165, 1.54) is 0 Å². The van der Waals surface area contributed by atoms with Crippen molar-refractivity contribution in [3.8, 4) is 11.5 Å². The molecule has 1 atom stereocenters. The van der Waals surface area contributed by atoms with Gasteiger partial charge < -0.3 is 19.9 Å². The fourth-order valence-electron chi connectivity index (χ4n) is 2.27. The number of fused-ring (bicyclic) bond motifs is 1. The highest BCUT2D eigenvalue weighted by Gasteiger charge is 2.20. The molecule has 0 fully saturated rings. The van der Waals surface area contributed by atoms with Crippen LogP contribution in [-0.2, 0) is 11.2 Å². The molecule has 1 aromatic carbocycles. The number of nitrogens with zero attached hydrogens (tertiary/aromatic N) is 1. The molecule has 0 spiro atoms. The van der Waals surface area contributed by atoms with Gasteiger partial charge in [0, 0.05) is 18.4 Å². The van der Waals surface area contributed by atoms with Crippen LogP contribution in [-0.4, -0.2) is 41.0 Å². The molecule has 1 aromatic heterocycles. The molecule has 1 aliphatic rings. The van der Waals surface area contributed by atoms with E-state index in [9.17, 15) is 9.90 Å². The molecule has 1 amide bonds. The summed E-state index contributed by atoms with van der Waals surface area (Å²) < 4.78 is 10.9. The van der Waals surface area contributed by atoms with E-state index in [-0.39, 0.29) is 18.9 Å². The number of hydrogen-bond acceptors (Lipinski definition) is 5. The number of aromatic nitrogens is 2. The zero-order chi connectivity index (χ0) is 16.2. The van der Waals surface area contributed by atoms with Gasteiger partial charge in [-0.05, 0) is 23.8 Å². The van der Waals surface area contributed by atoms with Gasteiger partial charge >= 0.3 is 0 Å². The summed E-state index contributed by atoms with van der Waals surface area (Å²) in [5, 5.41) is 19.8. The third-order valence-electron chi connectivity index (χ3n) is 3.41. The Morgan fingerprint density at radius 2 is 2.26 bits per heavy atom. The van der Waals surface area contributed by atoms with Crippen LogP contribution in [0, 0.1) is 0 Å². The fourth-order valence-corrected chi connectivity index (χ4v) is 2.54. The van der Waals surface area contributed by atoms with Crippen molar-refractivity contribution in [2.24, 2.45) is 0 Å². The van der Waals surface area contributed by atoms with E-state index in [0.717, 1.165) is 0 Å². The van der Waals surface area contributed by atoms with Crippen LogP contribution in [0.2, 0.25) is 5.02 Å². The molecule has 1 aliphatic heterocycles. The van der Waals surface area contributed by atoms with E-state index >= 15 is 0 Å². The molecule has 7 nitrogen and oxygen atoms in total. The lowest BCUT2D eigenvalue weighted by molar-refractivity contribution is -0.120. The molecule has 0 bridgehead atoms. The topological polar surface area (TPSA) is 96.5 Å². The number of ether oxygens (including phenoxy) is 2. The number of hydrogen-bond donors (Lipinski definition) is 3. The van der Waals surface area contributed by atoms with Crippen LogP contribution in [0.1, 0.15) is 17.4 Å². The summed E-state index contributed by atoms with van der Waals surface area (Å²) in [5.41, 5.74) is 1.26. The van der Waals surface area contributed by atoms with Gasteiger partial charge in [0.2, 0.25) is 5.91 Å². The van der Waals surface area contributed by atoms with Gasteiger partial charge in [0.05, 0.1) is 17.5 Å². The predicted molar refractivity (Wildman–Crippen MR) is 82.7 cm³/mol. The van der Waals surface area contributed by atoms with Crippen LogP contribution in [0.3, 0.4) is 0 Å². The highest BCUT2D eigenvalue weighted by molar-refractivity contribution is 6.32. The maximum absolute atomic E-state index is 11.8. The number of amides is 1. The van der Waals surface area contributed by atoms with E-state index in [4.69, 9.17) is 21.1 Å². The number of benzene rings is 1. The lowest BCUT2D eigenvalue weighted by Crippen LogP contribution is -2.29. The first kappa shape index (κ1) is 15.6. The standard InChI is InChI=1S/C15H16ClN3O4/c16-11-5-9(6-13-15(11)23-4-3-22-13)12(20)8-17-14(21)7-10-1-2-18-19-10/h1-2,5-6,12,20H,3-4,7-8H2,(H,17,21)(H,18,19)/t12-/m1/s1. The van der Waals surface area contributed by atoms with Gasteiger partial charge in [0.1, 0.15) is 13.2 Å². The van der Waals surface area contributed by atoms with Gasteiger partial charge in [0.25, 0.3) is 0 Å². The summed E-state index contributed by atoms with van der Waals surface area (Å²) in [7, 11) is 0. The van der Waals surface area contributed by atoms with Gasteiger partial charge in [-0.15, -0.1) is 0 Å². The molecule has 3 N–H and O–H groups in total. The second-order valence-electron chi connectivity index (χ2n) is 5.11. The first-order valence-corrected chi connectivity index (χ1v) is 7.53. The van der Waals surface area contributed by atoms with Crippen LogP contribution in [0.25, 0.3) is 0 Å². The highest BCUT2D eigenvalue weighted by Crippen LogP contribution is 2.39. The van der Waals surface area contributed by atoms with Crippen LogP contribution < -0.4 is 14.8 Å². The van der Waals surface area contributed by atoms with Gasteiger partial charge in [-0.25, -0.2) is 0 Å². The molecule has 0 radical (unpaired) electrons. The number of aliphatic hydroxyl groups is 1. The van der Waals surface area contributed by atoms with Gasteiger partial charge in [0.15, 0.2) is 11.5 Å². The molecule has 2 aromatic rings. The molecule has 122 valence electrons. The Morgan fingerprint density at radius 1 is 1.43 bits per heavy atom. The average molecular weight is 338 g/mol. The molecule has 0 unspecified atom stereocenters. The number of H-pyrrole nitrogens is 1. The molecular formula is C15H16ClN3O4. The summed E-state index contributed by atoms with van der Waals surface area (Å²) in [6.07, 6.45) is 0.859. The molecule has 23 heavy (non-hydrogen) atoms. The van der Waals surface area contributed by atoms with Gasteiger partial charge in [-0.3, -0.25) is 9.89 Å². The summed E-state index contributed by atoms with van der Waals surface area (Å²) in [5.74, 6) is 0.774. The van der Waals surface area contributed by atoms with Crippen molar-refractivity contribution >= 4 is 17.5 Å². The van der Waals surface area contributed by atoms with E-state index in [1.807, 2.05) is 0 Å². The summed E-state index contributed by atoms with van der Waals surface area (Å²) in [4.78, 5) is 11.8. The Hall–Kier alpha value is -2.25. The highest BCUT2D eigenvalue weighted by atomic mass is 35.5. The molecular weight excluding hydrogens is 322 g/mol. The van der Waals surface area contributed by atoms with Gasteiger partial charge in [-0.2, -0.15) is 5.10 Å². The number of nitrogens with one attached hydrogen (secondary N) is 2. The third kappa shape index (κ3) is 3.75. The molecule has 8 heteroatoms. The minimum absolute atomic E-state index is 0.0724. The Kier molecular flexibility index (Phi) is 4.68. The molecule has 3 rings (SSSR count). The smallest absolute Gasteiger partial charge is 0.226 e. The summed E-state index contributed by atoms with van der Waals surface area (Å²) in [6.45, 7) is 0.949. The van der Waals surface area contributed by atoms with E-state index < -0.39 is 6.10 Å². The number of aromatic amines is 1. The Balaban J connectivity index is 1.60. The lowest BCUT2D eigenvalue weighted by atomic mass is 10.1. The van der Waals surface area contributed by atoms with Crippen LogP contribution in [0.5, 0.6) is 11.5 Å². The number of aliphatic hydroxyl groups excluding tert-OH is 1. The Bertz CT molecular complexity index is 690. The van der Waals surface area contributed by atoms with Crippen LogP contribution in [0.4, 0.5) is 0 Å². The monoisotopic (exact) mass is 337 g/mol. The average Bonchev–Trinajstić information content (AvgIpc) is 3.05. The van der Waals surface area contributed by atoms with E-state index in [1.54, 1.807) is 24.4 Å². The first-order valence-electron chi connectivity index (χ1n) is 7.15. The second-order valence-corrected chi connectivity index (χ2v) is 5.51. The molecule has 0 saturated heterocycles. The lowest BCUT2D eigenvalue weighted by Gasteiger charge is -2.21. The maximum atomic E-state index is 11.8. The second kappa shape index (κ2) is 6.89. The van der Waals surface area contributed by atoms with Crippen molar-refractivity contribution in [3.05, 3.63) is 40.7 Å². The largest absolute Gasteiger partial charge is 0.486 e. The number of rotatable bonds is 5. The quantitative estimate of drug-likeness (QED) is 0.762. The maximum Gasteiger partial charge on any atom is 0.226 e. The summed E-state index contributed by atoms with van der Waals surface area (Å²) >= 11 is 6.13. The number of carbonyl (C=O) groups excluding carboxylic acids is 1. The van der Waals surface area contributed by atoms with Crippen molar-refractivity contribution in [3.63, 3.8) is 0 Å². The Morgan fingerprint density at radius 3 is 3.04 bits per heavy atom. The Labute approximate surface area is 137 Å². The van der Waals surface area contributed by atoms with Gasteiger partial charge in [-0.1, -0.05) is 11.6 Å². The van der Waals surface area contributed by atoms with Crippen molar-refractivity contribution in [1.29, 1.82) is 0 Å². The SMILES string of the molecule is O=C(Cc1ccn[nH]1)NC[C@@H](O)c1cc(Cl)c2c(c1)OCCO2. The van der Waals surface area contributed by atoms with Crippen molar-refractivity contribution < 1.29 is 19.4 Å². The van der Waals surface area contributed by atoms with Crippen LogP contribution >= 0.6 is 11.6 Å². The number of carbonyl (C=O) groups is 1. The van der Waals surface area contributed by atoms with Crippen LogP contribution in [0.15, 0.2) is 24.4 Å². The number of halogens is 1. The first-order chi connectivity index (χ1) is 11.1. The van der Waals surface area contributed by atoms with Crippen molar-refractivity contribution in [2.45, 2.75) is 12.5 Å². The van der Waals surface area contributed by atoms with E-state index in [0.29, 0.717) is 41.0 Å². The van der Waals surface area contributed by atoms with Crippen molar-refractivity contribution in [1.82, 2.24) is 15.5 Å². The summed E-state index contributed by atoms with van der Waals surface area (Å²) in [6, 6.07) is 5.00. The minimum atomic E-state index is -0.894. The molecule has 0 aliphatic carbocycles. The predicted octanol–water partition coefficient (Wildman–Crippen LogP) is 1.23. The third-order valence-corrected chi connectivity index (χ3v) is 3.69. The zero-order valence-corrected chi connectivity index (χ0v) is 13.0. The molecule has 2 heterocycles. The zero-order valence-electron chi connectivity index (χ0n) is 12.2. The normalized spacial score (nSPS) is 14.3. The van der Waals surface area contributed by atoms with E-state index in [2.05, 4.69) is 15.5 Å². The minimum Gasteiger partial charge on any atom is -0.486 e. The fraction of sp³-hybridized carbons (Fsp3) is 0.333. The van der Waals surface area contributed by atoms with Crippen molar-refractivity contribution in [2.75, 3.05) is 19.8 Å². The molecule has 0 saturated carbocycles.